The zero-order valence-electron chi connectivity index (χ0n) is 15.2. The van der Waals surface area contributed by atoms with E-state index in [1.54, 1.807) is 0 Å². The van der Waals surface area contributed by atoms with Crippen molar-refractivity contribution in [3.63, 3.8) is 0 Å². The van der Waals surface area contributed by atoms with E-state index in [1.165, 1.54) is 0 Å². The number of hydrogen-bond acceptors (Lipinski definition) is 5. The van der Waals surface area contributed by atoms with Gasteiger partial charge in [0, 0.05) is 5.56 Å². The van der Waals surface area contributed by atoms with Gasteiger partial charge in [0.25, 0.3) is 0 Å². The lowest BCUT2D eigenvalue weighted by atomic mass is 9.95. The van der Waals surface area contributed by atoms with E-state index >= 15 is 0 Å². The molecule has 0 bridgehead atoms. The predicted molar refractivity (Wildman–Crippen MR) is 109 cm³/mol. The van der Waals surface area contributed by atoms with Gasteiger partial charge < -0.3 is 10.5 Å². The number of aromatic nitrogens is 1. The maximum absolute atomic E-state index is 9.61. The summed E-state index contributed by atoms with van der Waals surface area (Å²) < 4.78 is 6.41. The Balaban J connectivity index is 2.23. The molecule has 1 aliphatic carbocycles. The van der Waals surface area contributed by atoms with E-state index in [2.05, 4.69) is 33.1 Å². The van der Waals surface area contributed by atoms with Crippen LogP contribution in [-0.2, 0) is 0 Å². The molecule has 1 aromatic carbocycles. The zero-order valence-corrected chi connectivity index (χ0v) is 16.8. The highest BCUT2D eigenvalue weighted by Crippen LogP contribution is 2.44. The Morgan fingerprint density at radius 1 is 1.26 bits per heavy atom. The minimum atomic E-state index is 0.152. The zero-order chi connectivity index (χ0) is 19.7. The van der Waals surface area contributed by atoms with Crippen LogP contribution in [0.25, 0.3) is 17.2 Å². The molecule has 0 fully saturated rings. The van der Waals surface area contributed by atoms with Crippen LogP contribution in [0.1, 0.15) is 41.8 Å². The fourth-order valence-corrected chi connectivity index (χ4v) is 3.75. The summed E-state index contributed by atoms with van der Waals surface area (Å²) in [6.45, 7) is 6.24. The first kappa shape index (κ1) is 18.7. The Morgan fingerprint density at radius 2 is 2.00 bits per heavy atom. The number of nitrogen functional groups attached to an aromatic ring is 1. The smallest absolute Gasteiger partial charge is 0.142 e. The molecule has 0 saturated heterocycles. The van der Waals surface area contributed by atoms with E-state index in [4.69, 9.17) is 10.5 Å². The van der Waals surface area contributed by atoms with Crippen molar-refractivity contribution < 1.29 is 4.74 Å². The molecule has 0 spiro atoms. The molecule has 0 unspecified atom stereocenters. The molecule has 1 heterocycles. The van der Waals surface area contributed by atoms with Gasteiger partial charge in [-0.05, 0) is 77.2 Å². The average Bonchev–Trinajstić information content (AvgIpc) is 2.89. The molecule has 27 heavy (non-hydrogen) atoms. The molecule has 0 amide bonds. The molecule has 2 N–H and O–H groups in total. The summed E-state index contributed by atoms with van der Waals surface area (Å²) in [7, 11) is 0. The monoisotopic (exact) mass is 420 g/mol. The van der Waals surface area contributed by atoms with E-state index in [0.717, 1.165) is 38.1 Å². The second-order valence-corrected chi connectivity index (χ2v) is 6.98. The van der Waals surface area contributed by atoms with Gasteiger partial charge in [-0.1, -0.05) is 6.07 Å². The minimum Gasteiger partial charge on any atom is -0.493 e. The van der Waals surface area contributed by atoms with Gasteiger partial charge in [-0.3, -0.25) is 0 Å². The predicted octanol–water partition coefficient (Wildman–Crippen LogP) is 4.86. The van der Waals surface area contributed by atoms with Crippen molar-refractivity contribution in [3.8, 4) is 17.9 Å². The van der Waals surface area contributed by atoms with Crippen molar-refractivity contribution in [2.24, 2.45) is 0 Å². The number of pyridine rings is 1. The maximum Gasteiger partial charge on any atom is 0.142 e. The third kappa shape index (κ3) is 3.09. The topological polar surface area (TPSA) is 95.7 Å². The lowest BCUT2D eigenvalue weighted by Gasteiger charge is -2.11. The first-order valence-electron chi connectivity index (χ1n) is 8.39. The maximum atomic E-state index is 9.61. The number of hydrogen-bond donors (Lipinski definition) is 1. The van der Waals surface area contributed by atoms with E-state index in [0.29, 0.717) is 23.4 Å². The molecule has 0 atom stereocenters. The number of fused-ring (bicyclic) bond motifs is 1. The van der Waals surface area contributed by atoms with Gasteiger partial charge in [0.15, 0.2) is 0 Å². The number of rotatable bonds is 3. The van der Waals surface area contributed by atoms with Crippen LogP contribution < -0.4 is 10.5 Å². The Bertz CT molecular complexity index is 1100. The number of nitriles is 2. The van der Waals surface area contributed by atoms with Gasteiger partial charge in [-0.2, -0.15) is 10.5 Å². The lowest BCUT2D eigenvalue weighted by Crippen LogP contribution is -2.03. The molecule has 6 heteroatoms. The number of ether oxygens (including phenoxy) is 1. The van der Waals surface area contributed by atoms with Gasteiger partial charge in [0.05, 0.1) is 27.9 Å². The van der Waals surface area contributed by atoms with Crippen molar-refractivity contribution >= 4 is 39.0 Å². The lowest BCUT2D eigenvalue weighted by molar-refractivity contribution is 0.338. The van der Waals surface area contributed by atoms with E-state index in [-0.39, 0.29) is 5.82 Å². The summed E-state index contributed by atoms with van der Waals surface area (Å²) in [4.78, 5) is 4.34. The van der Waals surface area contributed by atoms with Crippen LogP contribution >= 0.6 is 15.9 Å². The molecule has 0 radical (unpaired) electrons. The van der Waals surface area contributed by atoms with E-state index in [9.17, 15) is 10.5 Å². The SMILES string of the molecule is CCOc1ccc(/C=C2/C(C)=C(C#N)c3nc(N)c(C#N)c(C)c32)cc1Br. The Labute approximate surface area is 166 Å². The van der Waals surface area contributed by atoms with Crippen LogP contribution in [0.4, 0.5) is 5.82 Å². The third-order valence-electron chi connectivity index (χ3n) is 4.55. The summed E-state index contributed by atoms with van der Waals surface area (Å²) in [5.74, 6) is 0.924. The summed E-state index contributed by atoms with van der Waals surface area (Å²) in [5.41, 5.74) is 11.5. The Kier molecular flexibility index (Phi) is 5.03. The van der Waals surface area contributed by atoms with Crippen LogP contribution in [0.5, 0.6) is 5.75 Å². The molecular formula is C21H17BrN4O. The van der Waals surface area contributed by atoms with Crippen LogP contribution in [0, 0.1) is 29.6 Å². The molecule has 0 aliphatic heterocycles. The number of halogens is 1. The first-order chi connectivity index (χ1) is 12.9. The number of benzene rings is 1. The fourth-order valence-electron chi connectivity index (χ4n) is 3.24. The highest BCUT2D eigenvalue weighted by atomic mass is 79.9. The second kappa shape index (κ2) is 7.26. The largest absolute Gasteiger partial charge is 0.493 e. The highest BCUT2D eigenvalue weighted by Gasteiger charge is 2.29. The van der Waals surface area contributed by atoms with Crippen molar-refractivity contribution in [2.45, 2.75) is 20.8 Å². The van der Waals surface area contributed by atoms with Crippen molar-refractivity contribution in [3.05, 3.63) is 56.2 Å². The summed E-state index contributed by atoms with van der Waals surface area (Å²) in [5, 5.41) is 19.0. The van der Waals surface area contributed by atoms with Crippen molar-refractivity contribution in [1.29, 1.82) is 10.5 Å². The molecule has 5 nitrogen and oxygen atoms in total. The van der Waals surface area contributed by atoms with Crippen molar-refractivity contribution in [2.75, 3.05) is 12.3 Å². The summed E-state index contributed by atoms with van der Waals surface area (Å²) in [6, 6.07) is 10.1. The van der Waals surface area contributed by atoms with Gasteiger partial charge in [0.1, 0.15) is 23.7 Å². The molecule has 134 valence electrons. The van der Waals surface area contributed by atoms with Crippen LogP contribution in [0.2, 0.25) is 0 Å². The number of allylic oxidation sites excluding steroid dienone is 3. The number of nitrogens with two attached hydrogens (primary N) is 1. The number of nitrogens with zero attached hydrogens (tertiary/aromatic N) is 3. The van der Waals surface area contributed by atoms with Crippen molar-refractivity contribution in [1.82, 2.24) is 4.98 Å². The molecule has 1 aromatic heterocycles. The molecule has 2 aromatic rings. The van der Waals surface area contributed by atoms with Crippen LogP contribution in [0.3, 0.4) is 0 Å². The normalized spacial score (nSPS) is 14.1. The molecule has 0 saturated carbocycles. The Morgan fingerprint density at radius 3 is 2.59 bits per heavy atom. The quantitative estimate of drug-likeness (QED) is 0.764. The molecule has 3 rings (SSSR count). The molecular weight excluding hydrogens is 404 g/mol. The minimum absolute atomic E-state index is 0.152. The van der Waals surface area contributed by atoms with E-state index in [1.807, 2.05) is 45.0 Å². The van der Waals surface area contributed by atoms with Gasteiger partial charge in [-0.25, -0.2) is 4.98 Å². The average molecular weight is 421 g/mol. The highest BCUT2D eigenvalue weighted by molar-refractivity contribution is 9.10. The fraction of sp³-hybridized carbons (Fsp3) is 0.190. The van der Waals surface area contributed by atoms with Gasteiger partial charge >= 0.3 is 0 Å². The third-order valence-corrected chi connectivity index (χ3v) is 5.17. The summed E-state index contributed by atoms with van der Waals surface area (Å²) in [6.07, 6.45) is 1.99. The van der Waals surface area contributed by atoms with Crippen LogP contribution in [0.15, 0.2) is 28.2 Å². The molecule has 1 aliphatic rings. The van der Waals surface area contributed by atoms with Gasteiger partial charge in [0.2, 0.25) is 0 Å². The second-order valence-electron chi connectivity index (χ2n) is 6.13. The van der Waals surface area contributed by atoms with E-state index < -0.39 is 0 Å². The van der Waals surface area contributed by atoms with Crippen LogP contribution in [-0.4, -0.2) is 11.6 Å². The first-order valence-corrected chi connectivity index (χ1v) is 9.18. The Hall–Kier alpha value is -3.09. The standard InChI is InChI=1S/C21H17BrN4O/c1-4-27-18-6-5-13(8-17(18)22)7-14-11(2)15(9-23)20-19(14)12(3)16(10-24)21(25)26-20/h5-8H,4H2,1-3H3,(H2,25,26)/b14-7-. The van der Waals surface area contributed by atoms with Gasteiger partial charge in [-0.15, -0.1) is 0 Å². The number of anilines is 1. The summed E-state index contributed by atoms with van der Waals surface area (Å²) >= 11 is 3.53.